The Morgan fingerprint density at radius 3 is 2.46 bits per heavy atom. The van der Waals surface area contributed by atoms with Crippen LogP contribution in [-0.4, -0.2) is 25.7 Å². The van der Waals surface area contributed by atoms with Gasteiger partial charge in [0.05, 0.1) is 7.11 Å². The largest absolute Gasteiger partial charge is 0.497 e. The number of benzene rings is 2. The Morgan fingerprint density at radius 2 is 1.79 bits per heavy atom. The minimum atomic E-state index is -0.514. The summed E-state index contributed by atoms with van der Waals surface area (Å²) in [5.41, 5.74) is 1.21. The van der Waals surface area contributed by atoms with Crippen LogP contribution in [0.5, 0.6) is 11.5 Å². The molecule has 4 nitrogen and oxygen atoms in total. The molecule has 24 heavy (non-hydrogen) atoms. The van der Waals surface area contributed by atoms with Gasteiger partial charge in [0.2, 0.25) is 0 Å². The fourth-order valence-corrected chi connectivity index (χ4v) is 2.43. The number of amides is 1. The molecule has 4 heteroatoms. The molecule has 0 saturated carbocycles. The Labute approximate surface area is 143 Å². The molecule has 0 spiro atoms. The van der Waals surface area contributed by atoms with Gasteiger partial charge in [0, 0.05) is 12.6 Å². The van der Waals surface area contributed by atoms with E-state index in [1.165, 1.54) is 5.56 Å². The summed E-state index contributed by atoms with van der Waals surface area (Å²) in [4.78, 5) is 12.4. The predicted octanol–water partition coefficient (Wildman–Crippen LogP) is 3.77. The summed E-state index contributed by atoms with van der Waals surface area (Å²) in [6, 6.07) is 17.4. The van der Waals surface area contributed by atoms with Crippen molar-refractivity contribution in [3.05, 3.63) is 60.2 Å². The first-order chi connectivity index (χ1) is 11.6. The molecule has 2 aromatic rings. The fourth-order valence-electron chi connectivity index (χ4n) is 2.43. The fraction of sp³-hybridized carbons (Fsp3) is 0.350. The lowest BCUT2D eigenvalue weighted by Crippen LogP contribution is -2.39. The van der Waals surface area contributed by atoms with Crippen molar-refractivity contribution < 1.29 is 14.3 Å². The molecule has 1 amide bonds. The number of methoxy groups -OCH3 is 1. The second-order valence-corrected chi connectivity index (χ2v) is 5.75. The highest BCUT2D eigenvalue weighted by molar-refractivity contribution is 5.81. The van der Waals surface area contributed by atoms with E-state index in [0.717, 1.165) is 0 Å². The number of hydrogen-bond donors (Lipinski definition) is 1. The van der Waals surface area contributed by atoms with Crippen LogP contribution in [0, 0.1) is 0 Å². The molecule has 2 rings (SSSR count). The van der Waals surface area contributed by atoms with Crippen molar-refractivity contribution in [1.29, 1.82) is 0 Å². The predicted molar refractivity (Wildman–Crippen MR) is 95.6 cm³/mol. The van der Waals surface area contributed by atoms with Crippen LogP contribution in [0.25, 0.3) is 0 Å². The molecule has 0 bridgehead atoms. The van der Waals surface area contributed by atoms with E-state index < -0.39 is 6.10 Å². The summed E-state index contributed by atoms with van der Waals surface area (Å²) in [6.45, 7) is 4.62. The maximum Gasteiger partial charge on any atom is 0.261 e. The minimum Gasteiger partial charge on any atom is -0.497 e. The van der Waals surface area contributed by atoms with Crippen LogP contribution in [0.15, 0.2) is 54.6 Å². The van der Waals surface area contributed by atoms with Crippen LogP contribution in [0.1, 0.15) is 31.7 Å². The Bertz CT molecular complexity index is 642. The molecular formula is C20H25NO3. The summed E-state index contributed by atoms with van der Waals surface area (Å²) in [5.74, 6) is 1.50. The Hall–Kier alpha value is -2.49. The molecular weight excluding hydrogens is 302 g/mol. The molecule has 0 aromatic heterocycles. The smallest absolute Gasteiger partial charge is 0.261 e. The maximum atomic E-state index is 12.4. The minimum absolute atomic E-state index is 0.0944. The molecule has 0 fully saturated rings. The zero-order valence-electron chi connectivity index (χ0n) is 14.5. The third-order valence-corrected chi connectivity index (χ3v) is 3.93. The third kappa shape index (κ3) is 5.01. The van der Waals surface area contributed by atoms with Gasteiger partial charge in [0.15, 0.2) is 6.10 Å². The Kier molecular flexibility index (Phi) is 6.67. The van der Waals surface area contributed by atoms with Gasteiger partial charge in [-0.3, -0.25) is 4.79 Å². The lowest BCUT2D eigenvalue weighted by Gasteiger charge is -2.19. The SMILES string of the molecule is CC[C@H](Oc1cccc(OC)c1)C(=O)NC[C@@H](C)c1ccccc1. The molecule has 2 aromatic carbocycles. The Balaban J connectivity index is 1.91. The molecule has 0 saturated heterocycles. The van der Waals surface area contributed by atoms with Gasteiger partial charge >= 0.3 is 0 Å². The highest BCUT2D eigenvalue weighted by atomic mass is 16.5. The quantitative estimate of drug-likeness (QED) is 0.803. The summed E-state index contributed by atoms with van der Waals surface area (Å²) in [6.07, 6.45) is 0.0861. The molecule has 1 N–H and O–H groups in total. The zero-order chi connectivity index (χ0) is 17.4. The van der Waals surface area contributed by atoms with Crippen molar-refractivity contribution >= 4 is 5.91 Å². The van der Waals surface area contributed by atoms with Crippen LogP contribution < -0.4 is 14.8 Å². The molecule has 0 aliphatic carbocycles. The van der Waals surface area contributed by atoms with Crippen LogP contribution in [0.3, 0.4) is 0 Å². The maximum absolute atomic E-state index is 12.4. The van der Waals surface area contributed by atoms with E-state index in [1.807, 2.05) is 43.3 Å². The topological polar surface area (TPSA) is 47.6 Å². The van der Waals surface area contributed by atoms with Gasteiger partial charge < -0.3 is 14.8 Å². The highest BCUT2D eigenvalue weighted by Crippen LogP contribution is 2.21. The second-order valence-electron chi connectivity index (χ2n) is 5.75. The first kappa shape index (κ1) is 17.9. The van der Waals surface area contributed by atoms with Crippen molar-refractivity contribution in [2.24, 2.45) is 0 Å². The average Bonchev–Trinajstić information content (AvgIpc) is 2.64. The second kappa shape index (κ2) is 8.96. The standard InChI is InChI=1S/C20H25NO3/c1-4-19(24-18-12-8-11-17(13-18)23-3)20(22)21-14-15(2)16-9-6-5-7-10-16/h5-13,15,19H,4,14H2,1-3H3,(H,21,22)/t15-,19+/m1/s1. The van der Waals surface area contributed by atoms with Crippen molar-refractivity contribution in [2.75, 3.05) is 13.7 Å². The van der Waals surface area contributed by atoms with Gasteiger partial charge in [0.25, 0.3) is 5.91 Å². The summed E-state index contributed by atoms with van der Waals surface area (Å²) < 4.78 is 11.0. The van der Waals surface area contributed by atoms with Crippen LogP contribution in [-0.2, 0) is 4.79 Å². The Morgan fingerprint density at radius 1 is 1.08 bits per heavy atom. The highest BCUT2D eigenvalue weighted by Gasteiger charge is 2.19. The molecule has 128 valence electrons. The van der Waals surface area contributed by atoms with E-state index in [-0.39, 0.29) is 11.8 Å². The van der Waals surface area contributed by atoms with E-state index in [0.29, 0.717) is 24.5 Å². The molecule has 0 heterocycles. The first-order valence-electron chi connectivity index (χ1n) is 8.27. The van der Waals surface area contributed by atoms with Gasteiger partial charge in [-0.1, -0.05) is 50.2 Å². The van der Waals surface area contributed by atoms with Crippen LogP contribution in [0.2, 0.25) is 0 Å². The number of nitrogens with one attached hydrogen (secondary N) is 1. The van der Waals surface area contributed by atoms with Crippen molar-refractivity contribution in [2.45, 2.75) is 32.3 Å². The molecule has 2 atom stereocenters. The summed E-state index contributed by atoms with van der Waals surface area (Å²) in [7, 11) is 1.61. The van der Waals surface area contributed by atoms with Crippen molar-refractivity contribution in [3.8, 4) is 11.5 Å². The molecule has 0 radical (unpaired) electrons. The molecule has 0 unspecified atom stereocenters. The van der Waals surface area contributed by atoms with Crippen LogP contribution >= 0.6 is 0 Å². The molecule has 0 aliphatic rings. The van der Waals surface area contributed by atoms with Crippen molar-refractivity contribution in [1.82, 2.24) is 5.32 Å². The number of carbonyl (C=O) groups excluding carboxylic acids is 1. The molecule has 0 aliphatic heterocycles. The van der Waals surface area contributed by atoms with E-state index in [1.54, 1.807) is 13.2 Å². The number of hydrogen-bond acceptors (Lipinski definition) is 3. The zero-order valence-corrected chi connectivity index (χ0v) is 14.5. The van der Waals surface area contributed by atoms with Gasteiger partial charge in [-0.2, -0.15) is 0 Å². The lowest BCUT2D eigenvalue weighted by atomic mass is 10.0. The van der Waals surface area contributed by atoms with E-state index in [2.05, 4.69) is 24.4 Å². The van der Waals surface area contributed by atoms with E-state index >= 15 is 0 Å². The third-order valence-electron chi connectivity index (χ3n) is 3.93. The van der Waals surface area contributed by atoms with E-state index in [4.69, 9.17) is 9.47 Å². The van der Waals surface area contributed by atoms with Crippen LogP contribution in [0.4, 0.5) is 0 Å². The lowest BCUT2D eigenvalue weighted by molar-refractivity contribution is -0.128. The monoisotopic (exact) mass is 327 g/mol. The van der Waals surface area contributed by atoms with E-state index in [9.17, 15) is 4.79 Å². The number of rotatable bonds is 8. The average molecular weight is 327 g/mol. The van der Waals surface area contributed by atoms with Gasteiger partial charge in [-0.05, 0) is 30.0 Å². The normalized spacial score (nSPS) is 13.0. The summed E-state index contributed by atoms with van der Waals surface area (Å²) in [5, 5.41) is 2.99. The number of ether oxygens (including phenoxy) is 2. The van der Waals surface area contributed by atoms with Gasteiger partial charge in [0.1, 0.15) is 11.5 Å². The van der Waals surface area contributed by atoms with Crippen molar-refractivity contribution in [3.63, 3.8) is 0 Å². The summed E-state index contributed by atoms with van der Waals surface area (Å²) >= 11 is 0. The van der Waals surface area contributed by atoms with Gasteiger partial charge in [-0.25, -0.2) is 0 Å². The van der Waals surface area contributed by atoms with Gasteiger partial charge in [-0.15, -0.1) is 0 Å². The number of carbonyl (C=O) groups is 1. The first-order valence-corrected chi connectivity index (χ1v) is 8.27.